The van der Waals surface area contributed by atoms with Crippen molar-refractivity contribution in [2.75, 3.05) is 31.1 Å². The fourth-order valence-corrected chi connectivity index (χ4v) is 4.26. The monoisotopic (exact) mass is 351 g/mol. The van der Waals surface area contributed by atoms with E-state index in [9.17, 15) is 0 Å². The second kappa shape index (κ2) is 6.76. The van der Waals surface area contributed by atoms with Crippen molar-refractivity contribution in [1.82, 2.24) is 19.5 Å². The van der Waals surface area contributed by atoms with Gasteiger partial charge in [-0.25, -0.2) is 9.50 Å². The number of pyridine rings is 1. The molecule has 2 aliphatic heterocycles. The third kappa shape index (κ3) is 3.09. The number of hydrogen-bond acceptors (Lipinski definition) is 5. The zero-order valence-electron chi connectivity index (χ0n) is 15.0. The molecule has 0 unspecified atom stereocenters. The molecular weight excluding hydrogens is 326 g/mol. The van der Waals surface area contributed by atoms with Crippen molar-refractivity contribution in [2.24, 2.45) is 0 Å². The quantitative estimate of drug-likeness (QED) is 0.722. The highest BCUT2D eigenvalue weighted by atomic mass is 16.3. The molecule has 0 aromatic carbocycles. The van der Waals surface area contributed by atoms with Crippen LogP contribution in [0.25, 0.3) is 5.65 Å². The number of piperidine rings is 1. The Morgan fingerprint density at radius 2 is 2.00 bits per heavy atom. The van der Waals surface area contributed by atoms with Crippen molar-refractivity contribution in [2.45, 2.75) is 38.1 Å². The summed E-state index contributed by atoms with van der Waals surface area (Å²) in [5.41, 5.74) is 2.21. The van der Waals surface area contributed by atoms with Crippen molar-refractivity contribution < 1.29 is 4.42 Å². The van der Waals surface area contributed by atoms with Crippen LogP contribution in [0.2, 0.25) is 0 Å². The minimum absolute atomic E-state index is 0.397. The van der Waals surface area contributed by atoms with Gasteiger partial charge in [0, 0.05) is 25.6 Å². The molecule has 2 aliphatic rings. The summed E-state index contributed by atoms with van der Waals surface area (Å²) in [6.45, 7) is 5.28. The zero-order chi connectivity index (χ0) is 17.3. The Morgan fingerprint density at radius 1 is 1.08 bits per heavy atom. The molecule has 0 radical (unpaired) electrons. The largest absolute Gasteiger partial charge is 0.468 e. The molecule has 3 aromatic heterocycles. The highest BCUT2D eigenvalue weighted by Gasteiger charge is 2.25. The molecule has 26 heavy (non-hydrogen) atoms. The molecule has 3 aromatic rings. The predicted molar refractivity (Wildman–Crippen MR) is 100 cm³/mol. The number of fused-ring (bicyclic) bond motifs is 1. The van der Waals surface area contributed by atoms with Gasteiger partial charge >= 0.3 is 0 Å². The number of hydrogen-bond donors (Lipinski definition) is 0. The number of furan rings is 1. The molecular formula is C20H25N5O. The van der Waals surface area contributed by atoms with E-state index in [0.29, 0.717) is 5.92 Å². The van der Waals surface area contributed by atoms with E-state index in [-0.39, 0.29) is 0 Å². The van der Waals surface area contributed by atoms with Gasteiger partial charge in [0.15, 0.2) is 11.5 Å². The Morgan fingerprint density at radius 3 is 2.85 bits per heavy atom. The molecule has 0 amide bonds. The summed E-state index contributed by atoms with van der Waals surface area (Å²) in [6, 6.07) is 8.29. The second-order valence-electron chi connectivity index (χ2n) is 7.51. The lowest BCUT2D eigenvalue weighted by molar-refractivity contribution is 0.183. The standard InChI is InChI=1S/C20H25N5O/c1-2-11-24(10-1)17-7-8-19-21-20(22-25(19)14-17)16-5-3-9-23(13-16)15-18-6-4-12-26-18/h4,6-8,12,14,16H,1-3,5,9-11,13,15H2/t16-/m1/s1. The van der Waals surface area contributed by atoms with Crippen LogP contribution in [0.4, 0.5) is 5.69 Å². The van der Waals surface area contributed by atoms with Gasteiger partial charge in [0.25, 0.3) is 0 Å². The molecule has 0 bridgehead atoms. The van der Waals surface area contributed by atoms with E-state index in [1.54, 1.807) is 6.26 Å². The van der Waals surface area contributed by atoms with Crippen LogP contribution in [0.1, 0.15) is 43.2 Å². The Labute approximate surface area is 153 Å². The number of rotatable bonds is 4. The van der Waals surface area contributed by atoms with Gasteiger partial charge in [0.1, 0.15) is 5.76 Å². The van der Waals surface area contributed by atoms with Crippen LogP contribution in [-0.2, 0) is 6.54 Å². The average molecular weight is 351 g/mol. The Balaban J connectivity index is 1.34. The lowest BCUT2D eigenvalue weighted by Crippen LogP contribution is -2.34. The molecule has 0 saturated carbocycles. The van der Waals surface area contributed by atoms with E-state index in [4.69, 9.17) is 14.5 Å². The smallest absolute Gasteiger partial charge is 0.156 e. The third-order valence-corrected chi connectivity index (χ3v) is 5.63. The maximum atomic E-state index is 5.51. The fraction of sp³-hybridized carbons (Fsp3) is 0.500. The molecule has 0 aliphatic carbocycles. The lowest BCUT2D eigenvalue weighted by Gasteiger charge is -2.30. The SMILES string of the molecule is c1coc(CN2CCC[C@@H](c3nc4ccc(N5CCCC5)cn4n3)C2)c1. The number of nitrogens with zero attached hydrogens (tertiary/aromatic N) is 5. The summed E-state index contributed by atoms with van der Waals surface area (Å²) >= 11 is 0. The summed E-state index contributed by atoms with van der Waals surface area (Å²) in [5, 5.41) is 4.83. The van der Waals surface area contributed by atoms with E-state index in [2.05, 4.69) is 28.1 Å². The van der Waals surface area contributed by atoms with E-state index in [1.807, 2.05) is 16.6 Å². The first-order valence-corrected chi connectivity index (χ1v) is 9.71. The molecule has 0 N–H and O–H groups in total. The van der Waals surface area contributed by atoms with E-state index >= 15 is 0 Å². The van der Waals surface area contributed by atoms with Gasteiger partial charge in [-0.2, -0.15) is 5.10 Å². The molecule has 6 heteroatoms. The molecule has 136 valence electrons. The topological polar surface area (TPSA) is 49.8 Å². The summed E-state index contributed by atoms with van der Waals surface area (Å²) in [5.74, 6) is 2.41. The third-order valence-electron chi connectivity index (χ3n) is 5.63. The van der Waals surface area contributed by atoms with Gasteiger partial charge in [-0.05, 0) is 56.5 Å². The minimum atomic E-state index is 0.397. The van der Waals surface area contributed by atoms with Gasteiger partial charge in [-0.3, -0.25) is 4.90 Å². The van der Waals surface area contributed by atoms with Crippen LogP contribution in [0.3, 0.4) is 0 Å². The summed E-state index contributed by atoms with van der Waals surface area (Å²) in [7, 11) is 0. The molecule has 5 heterocycles. The number of likely N-dealkylation sites (tertiary alicyclic amines) is 1. The number of anilines is 1. The van der Waals surface area contributed by atoms with Crippen LogP contribution in [-0.4, -0.2) is 45.7 Å². The first-order chi connectivity index (χ1) is 12.8. The van der Waals surface area contributed by atoms with Crippen molar-refractivity contribution in [3.05, 3.63) is 48.3 Å². The van der Waals surface area contributed by atoms with Gasteiger partial charge in [-0.1, -0.05) is 0 Å². The molecule has 6 nitrogen and oxygen atoms in total. The van der Waals surface area contributed by atoms with E-state index in [0.717, 1.165) is 56.4 Å². The summed E-state index contributed by atoms with van der Waals surface area (Å²) in [6.07, 6.45) is 8.80. The summed E-state index contributed by atoms with van der Waals surface area (Å²) < 4.78 is 7.47. The molecule has 2 saturated heterocycles. The van der Waals surface area contributed by atoms with Gasteiger partial charge in [-0.15, -0.1) is 0 Å². The van der Waals surface area contributed by atoms with Gasteiger partial charge in [0.05, 0.1) is 24.7 Å². The van der Waals surface area contributed by atoms with Crippen molar-refractivity contribution in [3.8, 4) is 0 Å². The van der Waals surface area contributed by atoms with Crippen LogP contribution in [0, 0.1) is 0 Å². The first-order valence-electron chi connectivity index (χ1n) is 9.71. The van der Waals surface area contributed by atoms with Crippen LogP contribution in [0.5, 0.6) is 0 Å². The van der Waals surface area contributed by atoms with Crippen LogP contribution >= 0.6 is 0 Å². The van der Waals surface area contributed by atoms with Crippen molar-refractivity contribution >= 4 is 11.3 Å². The predicted octanol–water partition coefficient (Wildman–Crippen LogP) is 3.30. The molecule has 5 rings (SSSR count). The molecule has 1 atom stereocenters. The Hall–Kier alpha value is -2.34. The maximum Gasteiger partial charge on any atom is 0.156 e. The molecule has 2 fully saturated rings. The zero-order valence-corrected chi connectivity index (χ0v) is 15.0. The minimum Gasteiger partial charge on any atom is -0.468 e. The normalized spacial score (nSPS) is 21.7. The number of aromatic nitrogens is 3. The van der Waals surface area contributed by atoms with Crippen molar-refractivity contribution in [1.29, 1.82) is 0 Å². The molecule has 0 spiro atoms. The van der Waals surface area contributed by atoms with E-state index in [1.165, 1.54) is 24.9 Å². The lowest BCUT2D eigenvalue weighted by atomic mass is 9.97. The fourth-order valence-electron chi connectivity index (χ4n) is 4.26. The Kier molecular flexibility index (Phi) is 4.13. The maximum absolute atomic E-state index is 5.51. The second-order valence-corrected chi connectivity index (χ2v) is 7.51. The summed E-state index contributed by atoms with van der Waals surface area (Å²) in [4.78, 5) is 9.71. The van der Waals surface area contributed by atoms with Crippen molar-refractivity contribution in [3.63, 3.8) is 0 Å². The van der Waals surface area contributed by atoms with Crippen LogP contribution < -0.4 is 4.90 Å². The van der Waals surface area contributed by atoms with Gasteiger partial charge in [0.2, 0.25) is 0 Å². The Bertz CT molecular complexity index is 866. The van der Waals surface area contributed by atoms with E-state index < -0.39 is 0 Å². The average Bonchev–Trinajstić information content (AvgIpc) is 3.42. The first kappa shape index (κ1) is 15.9. The highest BCUT2D eigenvalue weighted by Crippen LogP contribution is 2.27. The van der Waals surface area contributed by atoms with Crippen LogP contribution in [0.15, 0.2) is 41.1 Å². The highest BCUT2D eigenvalue weighted by molar-refractivity contribution is 5.51. The van der Waals surface area contributed by atoms with Gasteiger partial charge < -0.3 is 9.32 Å².